The van der Waals surface area contributed by atoms with Crippen LogP contribution in [0.25, 0.3) is 0 Å². The third kappa shape index (κ3) is 3.95. The van der Waals surface area contributed by atoms with Crippen molar-refractivity contribution >= 4 is 5.97 Å². The molecular weight excluding hydrogens is 254 g/mol. The maximum Gasteiger partial charge on any atom is 0.306 e. The van der Waals surface area contributed by atoms with Gasteiger partial charge in [0.05, 0.1) is 11.5 Å². The molecule has 2 fully saturated rings. The minimum Gasteiger partial charge on any atom is -0.481 e. The van der Waals surface area contributed by atoms with Crippen molar-refractivity contribution in [2.75, 3.05) is 19.6 Å². The van der Waals surface area contributed by atoms with Crippen LogP contribution in [-0.2, 0) is 4.79 Å². The molecular formula is C16H29NO3. The van der Waals surface area contributed by atoms with Crippen LogP contribution >= 0.6 is 0 Å². The van der Waals surface area contributed by atoms with Crippen LogP contribution in [0.1, 0.15) is 52.4 Å². The first-order valence-electron chi connectivity index (χ1n) is 8.07. The molecule has 2 rings (SSSR count). The third-order valence-electron chi connectivity index (χ3n) is 5.36. The molecule has 0 unspecified atom stereocenters. The summed E-state index contributed by atoms with van der Waals surface area (Å²) in [5, 5.41) is 19.7. The van der Waals surface area contributed by atoms with Crippen molar-refractivity contribution in [2.45, 2.75) is 58.0 Å². The summed E-state index contributed by atoms with van der Waals surface area (Å²) >= 11 is 0. The smallest absolute Gasteiger partial charge is 0.306 e. The second-order valence-corrected chi connectivity index (χ2v) is 7.19. The lowest BCUT2D eigenvalue weighted by Crippen LogP contribution is -2.48. The maximum atomic E-state index is 11.0. The Bertz CT molecular complexity index is 327. The largest absolute Gasteiger partial charge is 0.481 e. The lowest BCUT2D eigenvalue weighted by Gasteiger charge is -2.41. The highest BCUT2D eigenvalue weighted by Crippen LogP contribution is 2.34. The molecule has 2 N–H and O–H groups in total. The van der Waals surface area contributed by atoms with Gasteiger partial charge in [0, 0.05) is 6.54 Å². The van der Waals surface area contributed by atoms with Crippen molar-refractivity contribution in [3.05, 3.63) is 0 Å². The lowest BCUT2D eigenvalue weighted by atomic mass is 9.78. The van der Waals surface area contributed by atoms with Crippen molar-refractivity contribution in [2.24, 2.45) is 17.8 Å². The van der Waals surface area contributed by atoms with Gasteiger partial charge in [-0.2, -0.15) is 0 Å². The molecule has 1 heterocycles. The van der Waals surface area contributed by atoms with Gasteiger partial charge in [-0.15, -0.1) is 0 Å². The van der Waals surface area contributed by atoms with E-state index in [1.54, 1.807) is 0 Å². The van der Waals surface area contributed by atoms with E-state index in [4.69, 9.17) is 5.11 Å². The molecule has 20 heavy (non-hydrogen) atoms. The molecule has 0 bridgehead atoms. The maximum absolute atomic E-state index is 11.0. The first kappa shape index (κ1) is 15.8. The van der Waals surface area contributed by atoms with E-state index in [2.05, 4.69) is 18.7 Å². The quantitative estimate of drug-likeness (QED) is 0.831. The van der Waals surface area contributed by atoms with Crippen molar-refractivity contribution in [3.8, 4) is 0 Å². The normalized spacial score (nSPS) is 33.5. The Morgan fingerprint density at radius 2 is 1.75 bits per heavy atom. The molecule has 116 valence electrons. The molecule has 1 saturated heterocycles. The van der Waals surface area contributed by atoms with Crippen LogP contribution < -0.4 is 0 Å². The number of carbonyl (C=O) groups is 1. The van der Waals surface area contributed by atoms with Crippen LogP contribution in [0.4, 0.5) is 0 Å². The zero-order valence-electron chi connectivity index (χ0n) is 12.8. The van der Waals surface area contributed by atoms with E-state index in [0.29, 0.717) is 25.7 Å². The standard InChI is InChI=1S/C16H29NO3/c1-12(2)13-5-9-17(10-6-13)11-16(20)7-3-14(4-8-16)15(18)19/h12-14,20H,3-11H2,1-2H3,(H,18,19). The van der Waals surface area contributed by atoms with Crippen LogP contribution in [-0.4, -0.2) is 46.3 Å². The number of nitrogens with zero attached hydrogens (tertiary/aromatic N) is 1. The van der Waals surface area contributed by atoms with Crippen LogP contribution in [0.15, 0.2) is 0 Å². The molecule has 0 aromatic heterocycles. The number of piperidine rings is 1. The van der Waals surface area contributed by atoms with E-state index in [-0.39, 0.29) is 5.92 Å². The predicted octanol–water partition coefficient (Wildman–Crippen LogP) is 2.36. The van der Waals surface area contributed by atoms with Gasteiger partial charge in [0.15, 0.2) is 0 Å². The van der Waals surface area contributed by atoms with Crippen LogP contribution in [0.2, 0.25) is 0 Å². The van der Waals surface area contributed by atoms with Gasteiger partial charge in [0.2, 0.25) is 0 Å². The SMILES string of the molecule is CC(C)C1CCN(CC2(O)CCC(C(=O)O)CC2)CC1. The highest BCUT2D eigenvalue weighted by molar-refractivity contribution is 5.70. The summed E-state index contributed by atoms with van der Waals surface area (Å²) in [5.41, 5.74) is -0.656. The molecule has 0 atom stereocenters. The second kappa shape index (κ2) is 6.44. The fraction of sp³-hybridized carbons (Fsp3) is 0.938. The Morgan fingerprint density at radius 1 is 1.20 bits per heavy atom. The Hall–Kier alpha value is -0.610. The van der Waals surface area contributed by atoms with Gasteiger partial charge in [0.1, 0.15) is 0 Å². The van der Waals surface area contributed by atoms with E-state index < -0.39 is 11.6 Å². The molecule has 1 aliphatic carbocycles. The molecule has 4 nitrogen and oxygen atoms in total. The number of β-amino-alcohol motifs (C(OH)–C–C–N with tert-alkyl or cyclic N) is 1. The topological polar surface area (TPSA) is 60.8 Å². The Kier molecular flexibility index (Phi) is 5.08. The van der Waals surface area contributed by atoms with Crippen molar-refractivity contribution < 1.29 is 15.0 Å². The van der Waals surface area contributed by atoms with Gasteiger partial charge in [-0.25, -0.2) is 0 Å². The van der Waals surface area contributed by atoms with E-state index >= 15 is 0 Å². The van der Waals surface area contributed by atoms with Gasteiger partial charge in [-0.1, -0.05) is 13.8 Å². The molecule has 0 aromatic rings. The van der Waals surface area contributed by atoms with Crippen molar-refractivity contribution in [1.29, 1.82) is 0 Å². The predicted molar refractivity (Wildman–Crippen MR) is 78.5 cm³/mol. The Balaban J connectivity index is 1.78. The average Bonchev–Trinajstić information content (AvgIpc) is 2.39. The number of rotatable bonds is 4. The van der Waals surface area contributed by atoms with E-state index in [0.717, 1.165) is 31.5 Å². The zero-order valence-corrected chi connectivity index (χ0v) is 12.8. The van der Waals surface area contributed by atoms with Gasteiger partial charge in [-0.05, 0) is 63.5 Å². The number of carboxylic acids is 1. The molecule has 2 aliphatic rings. The Morgan fingerprint density at radius 3 is 2.20 bits per heavy atom. The summed E-state index contributed by atoms with van der Waals surface area (Å²) in [6.07, 6.45) is 4.96. The molecule has 0 aromatic carbocycles. The fourth-order valence-corrected chi connectivity index (χ4v) is 3.75. The molecule has 0 spiro atoms. The van der Waals surface area contributed by atoms with Crippen LogP contribution in [0.3, 0.4) is 0 Å². The van der Waals surface area contributed by atoms with Gasteiger partial charge < -0.3 is 15.1 Å². The molecule has 1 aliphatic heterocycles. The Labute approximate surface area is 122 Å². The third-order valence-corrected chi connectivity index (χ3v) is 5.36. The first-order chi connectivity index (χ1) is 9.39. The minimum atomic E-state index is -0.704. The number of hydrogen-bond donors (Lipinski definition) is 2. The van der Waals surface area contributed by atoms with E-state index in [1.807, 2.05) is 0 Å². The number of aliphatic carboxylic acids is 1. The zero-order chi connectivity index (χ0) is 14.8. The van der Waals surface area contributed by atoms with Crippen LogP contribution in [0.5, 0.6) is 0 Å². The number of likely N-dealkylation sites (tertiary alicyclic amines) is 1. The highest BCUT2D eigenvalue weighted by Gasteiger charge is 2.37. The van der Waals surface area contributed by atoms with Crippen molar-refractivity contribution in [1.82, 2.24) is 4.90 Å². The lowest BCUT2D eigenvalue weighted by molar-refractivity contribution is -0.145. The summed E-state index contributed by atoms with van der Waals surface area (Å²) < 4.78 is 0. The number of hydrogen-bond acceptors (Lipinski definition) is 3. The molecule has 4 heteroatoms. The summed E-state index contributed by atoms with van der Waals surface area (Å²) in [6, 6.07) is 0. The van der Waals surface area contributed by atoms with Gasteiger partial charge >= 0.3 is 5.97 Å². The summed E-state index contributed by atoms with van der Waals surface area (Å²) in [4.78, 5) is 13.3. The van der Waals surface area contributed by atoms with Crippen LogP contribution in [0, 0.1) is 17.8 Å². The molecule has 0 amide bonds. The highest BCUT2D eigenvalue weighted by atomic mass is 16.4. The first-order valence-corrected chi connectivity index (χ1v) is 8.07. The summed E-state index contributed by atoms with van der Waals surface area (Å²) in [5.74, 6) is 0.627. The fourth-order valence-electron chi connectivity index (χ4n) is 3.75. The number of carboxylic acid groups (broad SMARTS) is 1. The summed E-state index contributed by atoms with van der Waals surface area (Å²) in [7, 11) is 0. The van der Waals surface area contributed by atoms with E-state index in [1.165, 1.54) is 12.8 Å². The van der Waals surface area contributed by atoms with Crippen molar-refractivity contribution in [3.63, 3.8) is 0 Å². The van der Waals surface area contributed by atoms with Gasteiger partial charge in [-0.3, -0.25) is 4.79 Å². The number of aliphatic hydroxyl groups is 1. The summed E-state index contributed by atoms with van der Waals surface area (Å²) in [6.45, 7) is 7.47. The minimum absolute atomic E-state index is 0.248. The second-order valence-electron chi connectivity index (χ2n) is 7.19. The van der Waals surface area contributed by atoms with E-state index in [9.17, 15) is 9.90 Å². The molecule has 1 saturated carbocycles. The molecule has 0 radical (unpaired) electrons. The monoisotopic (exact) mass is 283 g/mol. The average molecular weight is 283 g/mol. The van der Waals surface area contributed by atoms with Gasteiger partial charge in [0.25, 0.3) is 0 Å².